The van der Waals surface area contributed by atoms with Crippen molar-refractivity contribution in [3.8, 4) is 0 Å². The van der Waals surface area contributed by atoms with Gasteiger partial charge in [-0.25, -0.2) is 18.3 Å². The van der Waals surface area contributed by atoms with Crippen molar-refractivity contribution in [2.24, 2.45) is 0 Å². The van der Waals surface area contributed by atoms with E-state index in [0.29, 0.717) is 0 Å². The van der Waals surface area contributed by atoms with Crippen molar-refractivity contribution >= 4 is 37.6 Å². The second-order valence-electron chi connectivity index (χ2n) is 4.01. The van der Waals surface area contributed by atoms with Crippen LogP contribution < -0.4 is 0 Å². The molecule has 0 radical (unpaired) electrons. The van der Waals surface area contributed by atoms with E-state index in [-0.39, 0.29) is 6.29 Å². The molecular weight excluding hydrogens is 504 g/mol. The molecule has 20 nitrogen and oxygen atoms in total. The van der Waals surface area contributed by atoms with Gasteiger partial charge in [0, 0.05) is 0 Å². The minimum absolute atomic E-state index is 0.0225. The summed E-state index contributed by atoms with van der Waals surface area (Å²) in [5.74, 6) is 0. The third-order valence-corrected chi connectivity index (χ3v) is 1.78. The van der Waals surface area contributed by atoms with Crippen LogP contribution in [0.4, 0.5) is 0 Å². The van der Waals surface area contributed by atoms with Gasteiger partial charge in [-0.2, -0.15) is 0 Å². The molecule has 0 unspecified atom stereocenters. The largest absolute Gasteiger partial charge is 0.469 e. The SMILES string of the molecule is O=C[C@@H](O)[C@H](O)[C@@H](O)COP(=O)(O)O.O=P(O)(O)O.O=P(O)(O)O.O=P(O)(O)O. The molecule has 0 aromatic carbocycles. The molecule has 0 saturated carbocycles. The Kier molecular flexibility index (Phi) is 19.7. The first kappa shape index (κ1) is 36.4. The number of aldehydes is 1. The molecule has 0 fully saturated rings. The summed E-state index contributed by atoms with van der Waals surface area (Å²) in [7, 11) is -18.7. The monoisotopic (exact) mass is 524 g/mol. The highest BCUT2D eigenvalue weighted by molar-refractivity contribution is 7.46. The summed E-state index contributed by atoms with van der Waals surface area (Å²) in [5.41, 5.74) is 0. The Hall–Kier alpha value is -0.01000. The van der Waals surface area contributed by atoms with E-state index >= 15 is 0 Å². The van der Waals surface area contributed by atoms with Crippen LogP contribution in [0.25, 0.3) is 0 Å². The number of phosphoric ester groups is 1. The molecule has 0 heterocycles. The third-order valence-electron chi connectivity index (χ3n) is 1.30. The van der Waals surface area contributed by atoms with Gasteiger partial charge in [-0.15, -0.1) is 0 Å². The molecule has 0 aromatic heterocycles. The van der Waals surface area contributed by atoms with Crippen molar-refractivity contribution in [3.63, 3.8) is 0 Å². The number of hydrogen-bond donors (Lipinski definition) is 14. The Morgan fingerprint density at radius 2 is 0.897 bits per heavy atom. The summed E-state index contributed by atoms with van der Waals surface area (Å²) in [6.07, 6.45) is -5.46. The van der Waals surface area contributed by atoms with E-state index in [1.165, 1.54) is 0 Å². The fourth-order valence-corrected chi connectivity index (χ4v) is 0.927. The second kappa shape index (κ2) is 15.7. The highest BCUT2D eigenvalue weighted by Gasteiger charge is 2.27. The second-order valence-corrected chi connectivity index (χ2v) is 8.33. The molecule has 0 aliphatic rings. The maximum absolute atomic E-state index is 10.1. The Balaban J connectivity index is -0.000000171. The van der Waals surface area contributed by atoms with E-state index in [1.807, 2.05) is 0 Å². The molecule has 0 bridgehead atoms. The lowest BCUT2D eigenvalue weighted by molar-refractivity contribution is -0.127. The summed E-state index contributed by atoms with van der Waals surface area (Å²) in [6, 6.07) is 0. The number of hydrogen-bond acceptors (Lipinski definition) is 9. The molecular formula is C5H20O20P4. The van der Waals surface area contributed by atoms with Crippen LogP contribution in [0.15, 0.2) is 0 Å². The van der Waals surface area contributed by atoms with Crippen LogP contribution in [0.2, 0.25) is 0 Å². The lowest BCUT2D eigenvalue weighted by atomic mass is 10.1. The topological polar surface area (TPSA) is 378 Å². The first-order valence-corrected chi connectivity index (χ1v) is 12.0. The van der Waals surface area contributed by atoms with E-state index in [2.05, 4.69) is 4.52 Å². The molecule has 3 atom stereocenters. The number of rotatable bonds is 6. The molecule has 24 heteroatoms. The average Bonchev–Trinajstić information content (AvgIpc) is 2.36. The molecule has 29 heavy (non-hydrogen) atoms. The Labute approximate surface area is 160 Å². The van der Waals surface area contributed by atoms with Crippen molar-refractivity contribution in [2.45, 2.75) is 18.3 Å². The number of phosphoric acid groups is 4. The predicted octanol–water partition coefficient (Wildman–Crippen LogP) is -5.41. The van der Waals surface area contributed by atoms with Crippen molar-refractivity contribution in [1.29, 1.82) is 0 Å². The van der Waals surface area contributed by atoms with Crippen LogP contribution in [0.3, 0.4) is 0 Å². The zero-order valence-electron chi connectivity index (χ0n) is 13.5. The zero-order chi connectivity index (χ0) is 24.9. The molecule has 0 amide bonds. The van der Waals surface area contributed by atoms with Crippen LogP contribution in [-0.4, -0.2) is 100 Å². The lowest BCUT2D eigenvalue weighted by Crippen LogP contribution is -2.40. The minimum atomic E-state index is -4.74. The van der Waals surface area contributed by atoms with E-state index in [4.69, 9.17) is 82.8 Å². The molecule has 0 spiro atoms. The van der Waals surface area contributed by atoms with Crippen LogP contribution in [0.5, 0.6) is 0 Å². The van der Waals surface area contributed by atoms with E-state index in [9.17, 15) is 9.36 Å². The van der Waals surface area contributed by atoms with Crippen molar-refractivity contribution in [2.75, 3.05) is 6.61 Å². The van der Waals surface area contributed by atoms with Crippen LogP contribution >= 0.6 is 31.3 Å². The maximum Gasteiger partial charge on any atom is 0.469 e. The molecule has 0 rings (SSSR count). The van der Waals surface area contributed by atoms with Crippen LogP contribution in [0.1, 0.15) is 0 Å². The van der Waals surface area contributed by atoms with Crippen molar-refractivity contribution in [1.82, 2.24) is 0 Å². The summed E-state index contributed by atoms with van der Waals surface area (Å²) in [5, 5.41) is 26.6. The molecule has 180 valence electrons. The summed E-state index contributed by atoms with van der Waals surface area (Å²) in [4.78, 5) is 91.0. The lowest BCUT2D eigenvalue weighted by Gasteiger charge is -2.19. The summed E-state index contributed by atoms with van der Waals surface area (Å²) in [6.45, 7) is -0.893. The summed E-state index contributed by atoms with van der Waals surface area (Å²) < 4.78 is 40.6. The van der Waals surface area contributed by atoms with Crippen molar-refractivity contribution in [3.05, 3.63) is 0 Å². The molecule has 0 aliphatic carbocycles. The van der Waals surface area contributed by atoms with Gasteiger partial charge in [0.1, 0.15) is 18.3 Å². The average molecular weight is 524 g/mol. The van der Waals surface area contributed by atoms with Gasteiger partial charge in [0.15, 0.2) is 6.29 Å². The fraction of sp³-hybridized carbons (Fsp3) is 0.800. The Morgan fingerprint density at radius 1 is 0.655 bits per heavy atom. The normalized spacial score (nSPS) is 15.1. The van der Waals surface area contributed by atoms with Gasteiger partial charge in [0.25, 0.3) is 0 Å². The molecule has 14 N–H and O–H groups in total. The third kappa shape index (κ3) is 73.9. The number of carbonyl (C=O) groups excluding carboxylic acids is 1. The maximum atomic E-state index is 10.1. The van der Waals surface area contributed by atoms with E-state index in [0.717, 1.165) is 0 Å². The highest BCUT2D eigenvalue weighted by Crippen LogP contribution is 2.35. The zero-order valence-corrected chi connectivity index (χ0v) is 17.1. The van der Waals surface area contributed by atoms with Gasteiger partial charge >= 0.3 is 31.3 Å². The quantitative estimate of drug-likeness (QED) is 0.114. The predicted molar refractivity (Wildman–Crippen MR) is 84.9 cm³/mol. The molecule has 0 aliphatic heterocycles. The first-order chi connectivity index (χ1) is 12.3. The van der Waals surface area contributed by atoms with Gasteiger partial charge in [-0.1, -0.05) is 0 Å². The number of aliphatic hydroxyl groups is 3. The van der Waals surface area contributed by atoms with Gasteiger partial charge in [0.05, 0.1) is 6.61 Å². The first-order valence-electron chi connectivity index (χ1n) is 5.82. The smallest absolute Gasteiger partial charge is 0.388 e. The van der Waals surface area contributed by atoms with Gasteiger partial charge in [0.2, 0.25) is 0 Å². The fourth-order valence-electron chi connectivity index (χ4n) is 0.580. The van der Waals surface area contributed by atoms with Gasteiger partial charge < -0.3 is 73.9 Å². The highest BCUT2D eigenvalue weighted by atomic mass is 31.2. The van der Waals surface area contributed by atoms with E-state index < -0.39 is 56.2 Å². The van der Waals surface area contributed by atoms with Gasteiger partial charge in [-0.05, 0) is 0 Å². The Bertz CT molecular complexity index is 534. The van der Waals surface area contributed by atoms with Crippen LogP contribution in [-0.2, 0) is 27.6 Å². The van der Waals surface area contributed by atoms with Crippen molar-refractivity contribution < 1.29 is 96.7 Å². The van der Waals surface area contributed by atoms with Gasteiger partial charge in [-0.3, -0.25) is 4.52 Å². The molecule has 0 saturated heterocycles. The summed E-state index contributed by atoms with van der Waals surface area (Å²) >= 11 is 0. The standard InChI is InChI=1S/C5H11O8P.3H3O4P/c6-1-3(7)5(9)4(8)2-13-14(10,11)12;3*1-5(2,3)4/h1,3-5,7-9H,2H2,(H2,10,11,12);3*(H3,1,2,3,4)/t3-,4+,5+;;;/m1.../s1. The van der Waals surface area contributed by atoms with E-state index in [1.54, 1.807) is 0 Å². The Morgan fingerprint density at radius 3 is 1.07 bits per heavy atom. The number of carbonyl (C=O) groups is 1. The van der Waals surface area contributed by atoms with Crippen LogP contribution in [0, 0.1) is 0 Å². The molecule has 0 aromatic rings. The minimum Gasteiger partial charge on any atom is -0.388 e. The number of aliphatic hydroxyl groups excluding tert-OH is 3.